The minimum absolute atomic E-state index is 0.0819. The summed E-state index contributed by atoms with van der Waals surface area (Å²) in [4.78, 5) is 38.0. The molecule has 2 aromatic carbocycles. The highest BCUT2D eigenvalue weighted by Gasteiger charge is 2.17. The van der Waals surface area contributed by atoms with Gasteiger partial charge in [0.1, 0.15) is 5.71 Å². The van der Waals surface area contributed by atoms with Gasteiger partial charge in [-0.3, -0.25) is 14.9 Å². The van der Waals surface area contributed by atoms with Gasteiger partial charge in [0.2, 0.25) is 6.61 Å². The molecule has 2 aromatic rings. The first kappa shape index (κ1) is 18.8. The van der Waals surface area contributed by atoms with Crippen LogP contribution >= 0.6 is 0 Å². The highest BCUT2D eigenvalue weighted by molar-refractivity contribution is 6.13. The van der Waals surface area contributed by atoms with Crippen LogP contribution in [0.25, 0.3) is 0 Å². The average molecular weight is 356 g/mol. The lowest BCUT2D eigenvalue weighted by Gasteiger charge is -2.08. The zero-order valence-electron chi connectivity index (χ0n) is 14.0. The van der Waals surface area contributed by atoms with Crippen molar-refractivity contribution in [3.8, 4) is 0 Å². The fourth-order valence-electron chi connectivity index (χ4n) is 2.18. The summed E-state index contributed by atoms with van der Waals surface area (Å²) in [5.74, 6) is -0.569. The molecule has 134 valence electrons. The molecule has 0 N–H and O–H groups in total. The van der Waals surface area contributed by atoms with E-state index in [1.54, 1.807) is 31.2 Å². The van der Waals surface area contributed by atoms with Crippen molar-refractivity contribution >= 4 is 23.7 Å². The van der Waals surface area contributed by atoms with Crippen LogP contribution in [-0.2, 0) is 14.4 Å². The molecule has 8 nitrogen and oxygen atoms in total. The van der Waals surface area contributed by atoms with Crippen LogP contribution in [0.1, 0.15) is 28.4 Å². The first-order valence-electron chi connectivity index (χ1n) is 7.71. The lowest BCUT2D eigenvalue weighted by Crippen LogP contribution is -2.12. The molecular weight excluding hydrogens is 340 g/mol. The number of oxime groups is 1. The van der Waals surface area contributed by atoms with Crippen molar-refractivity contribution in [3.05, 3.63) is 75.3 Å². The van der Waals surface area contributed by atoms with E-state index in [2.05, 4.69) is 5.16 Å². The van der Waals surface area contributed by atoms with E-state index in [-0.39, 0.29) is 24.5 Å². The summed E-state index contributed by atoms with van der Waals surface area (Å²) in [7, 11) is 0. The van der Waals surface area contributed by atoms with Crippen molar-refractivity contribution in [1.29, 1.82) is 0 Å². The van der Waals surface area contributed by atoms with E-state index in [0.29, 0.717) is 23.1 Å². The Morgan fingerprint density at radius 2 is 1.92 bits per heavy atom. The average Bonchev–Trinajstić information content (AvgIpc) is 2.65. The zero-order chi connectivity index (χ0) is 18.9. The molecule has 0 aromatic heterocycles. The number of hydrogen-bond acceptors (Lipinski definition) is 7. The Labute approximate surface area is 149 Å². The molecule has 0 aliphatic carbocycles. The molecule has 0 saturated heterocycles. The van der Waals surface area contributed by atoms with Gasteiger partial charge in [0.25, 0.3) is 5.69 Å². The number of hydrogen-bond donors (Lipinski definition) is 0. The SMILES string of the molecule is CCOC(=O)CON=C(c1ccccc1)c1ccc([N+](=O)[O-])c(C=O)c1. The summed E-state index contributed by atoms with van der Waals surface area (Å²) in [6.07, 6.45) is 0.406. The molecule has 0 amide bonds. The van der Waals surface area contributed by atoms with Crippen molar-refractivity contribution in [2.24, 2.45) is 5.16 Å². The van der Waals surface area contributed by atoms with E-state index >= 15 is 0 Å². The maximum Gasteiger partial charge on any atom is 0.347 e. The Bertz CT molecular complexity index is 833. The summed E-state index contributed by atoms with van der Waals surface area (Å²) >= 11 is 0. The van der Waals surface area contributed by atoms with Gasteiger partial charge < -0.3 is 9.57 Å². The molecule has 0 bridgehead atoms. The molecule has 8 heteroatoms. The number of nitro benzene ring substituents is 1. The largest absolute Gasteiger partial charge is 0.463 e. The van der Waals surface area contributed by atoms with E-state index in [4.69, 9.17) is 9.57 Å². The lowest BCUT2D eigenvalue weighted by molar-refractivity contribution is -0.385. The molecule has 0 radical (unpaired) electrons. The molecule has 0 heterocycles. The fraction of sp³-hybridized carbons (Fsp3) is 0.167. The van der Waals surface area contributed by atoms with Crippen LogP contribution in [0.4, 0.5) is 5.69 Å². The molecule has 26 heavy (non-hydrogen) atoms. The van der Waals surface area contributed by atoms with Crippen molar-refractivity contribution in [3.63, 3.8) is 0 Å². The predicted molar refractivity (Wildman–Crippen MR) is 93.1 cm³/mol. The van der Waals surface area contributed by atoms with Crippen molar-refractivity contribution in [2.75, 3.05) is 13.2 Å². The molecule has 0 aliphatic heterocycles. The Morgan fingerprint density at radius 3 is 2.54 bits per heavy atom. The highest BCUT2D eigenvalue weighted by Crippen LogP contribution is 2.21. The van der Waals surface area contributed by atoms with Crippen LogP contribution in [0.5, 0.6) is 0 Å². The van der Waals surface area contributed by atoms with Gasteiger partial charge in [-0.15, -0.1) is 0 Å². The number of aldehydes is 1. The van der Waals surface area contributed by atoms with Gasteiger partial charge in [-0.25, -0.2) is 4.79 Å². The van der Waals surface area contributed by atoms with Gasteiger partial charge in [0.05, 0.1) is 17.1 Å². The molecule has 0 aliphatic rings. The summed E-state index contributed by atoms with van der Waals surface area (Å²) in [5.41, 5.74) is 1.04. The number of carbonyl (C=O) groups is 2. The molecule has 0 fully saturated rings. The van der Waals surface area contributed by atoms with Crippen LogP contribution in [-0.4, -0.2) is 36.1 Å². The Kier molecular flexibility index (Phi) is 6.55. The summed E-state index contributed by atoms with van der Waals surface area (Å²) < 4.78 is 4.76. The molecule has 2 rings (SSSR count). The van der Waals surface area contributed by atoms with Gasteiger partial charge in [-0.2, -0.15) is 0 Å². The molecule has 0 atom stereocenters. The first-order valence-corrected chi connectivity index (χ1v) is 7.71. The number of nitrogens with zero attached hydrogens (tertiary/aromatic N) is 2. The Hall–Kier alpha value is -3.55. The van der Waals surface area contributed by atoms with Gasteiger partial charge in [0, 0.05) is 17.2 Å². The Balaban J connectivity index is 2.40. The third-order valence-corrected chi connectivity index (χ3v) is 3.32. The minimum atomic E-state index is -0.635. The van der Waals surface area contributed by atoms with Crippen LogP contribution in [0.3, 0.4) is 0 Å². The standard InChI is InChI=1S/C18H16N2O6/c1-2-25-17(22)12-26-19-18(13-6-4-3-5-7-13)14-8-9-16(20(23)24)15(10-14)11-21/h3-11H,2,12H2,1H3. The molecular formula is C18H16N2O6. The summed E-state index contributed by atoms with van der Waals surface area (Å²) in [6.45, 7) is 1.52. The van der Waals surface area contributed by atoms with Crippen molar-refractivity contribution in [2.45, 2.75) is 6.92 Å². The van der Waals surface area contributed by atoms with Crippen LogP contribution in [0.15, 0.2) is 53.7 Å². The van der Waals surface area contributed by atoms with Gasteiger partial charge in [-0.1, -0.05) is 35.5 Å². The zero-order valence-corrected chi connectivity index (χ0v) is 14.0. The maximum atomic E-state index is 11.4. The van der Waals surface area contributed by atoms with E-state index in [0.717, 1.165) is 0 Å². The predicted octanol–water partition coefficient (Wildman–Crippen LogP) is 2.74. The third-order valence-electron chi connectivity index (χ3n) is 3.32. The van der Waals surface area contributed by atoms with Crippen LogP contribution < -0.4 is 0 Å². The molecule has 0 unspecified atom stereocenters. The second kappa shape index (κ2) is 9.07. The topological polar surface area (TPSA) is 108 Å². The normalized spacial score (nSPS) is 10.9. The number of esters is 1. The third kappa shape index (κ3) is 4.73. The van der Waals surface area contributed by atoms with Gasteiger partial charge in [0.15, 0.2) is 6.29 Å². The van der Waals surface area contributed by atoms with Crippen molar-refractivity contribution in [1.82, 2.24) is 0 Å². The van der Waals surface area contributed by atoms with Gasteiger partial charge in [-0.05, 0) is 19.1 Å². The fourth-order valence-corrected chi connectivity index (χ4v) is 2.18. The lowest BCUT2D eigenvalue weighted by atomic mass is 10.00. The quantitative estimate of drug-likeness (QED) is 0.237. The monoisotopic (exact) mass is 356 g/mol. The molecule has 0 saturated carbocycles. The maximum absolute atomic E-state index is 11.4. The highest BCUT2D eigenvalue weighted by atomic mass is 16.7. The van der Waals surface area contributed by atoms with E-state index < -0.39 is 10.9 Å². The second-order valence-corrected chi connectivity index (χ2v) is 5.03. The van der Waals surface area contributed by atoms with Crippen LogP contribution in [0, 0.1) is 10.1 Å². The number of rotatable bonds is 8. The number of benzene rings is 2. The second-order valence-electron chi connectivity index (χ2n) is 5.03. The number of ether oxygens (including phenoxy) is 1. The van der Waals surface area contributed by atoms with E-state index in [1.807, 2.05) is 6.07 Å². The summed E-state index contributed by atoms with van der Waals surface area (Å²) in [6, 6.07) is 12.9. The number of nitro groups is 1. The van der Waals surface area contributed by atoms with E-state index in [1.165, 1.54) is 18.2 Å². The minimum Gasteiger partial charge on any atom is -0.463 e. The first-order chi connectivity index (χ1) is 12.6. The van der Waals surface area contributed by atoms with Crippen molar-refractivity contribution < 1.29 is 24.1 Å². The smallest absolute Gasteiger partial charge is 0.347 e. The van der Waals surface area contributed by atoms with E-state index in [9.17, 15) is 19.7 Å². The van der Waals surface area contributed by atoms with Crippen LogP contribution in [0.2, 0.25) is 0 Å². The Morgan fingerprint density at radius 1 is 1.19 bits per heavy atom. The molecule has 0 spiro atoms. The van der Waals surface area contributed by atoms with Gasteiger partial charge >= 0.3 is 5.97 Å². The number of carbonyl (C=O) groups excluding carboxylic acids is 2. The summed E-state index contributed by atoms with van der Waals surface area (Å²) in [5, 5.41) is 14.9.